The van der Waals surface area contributed by atoms with Crippen molar-refractivity contribution in [2.75, 3.05) is 7.05 Å². The average molecular weight is 565 g/mol. The number of hydrogen-bond acceptors (Lipinski definition) is 5. The van der Waals surface area contributed by atoms with Crippen LogP contribution in [0.3, 0.4) is 0 Å². The molecule has 9 heteroatoms. The van der Waals surface area contributed by atoms with Crippen molar-refractivity contribution in [3.63, 3.8) is 0 Å². The first-order valence-corrected chi connectivity index (χ1v) is 13.6. The highest BCUT2D eigenvalue weighted by Crippen LogP contribution is 2.22. The largest absolute Gasteiger partial charge is 0.480 e. The van der Waals surface area contributed by atoms with Crippen molar-refractivity contribution in [3.05, 3.63) is 113 Å². The molecule has 42 heavy (non-hydrogen) atoms. The van der Waals surface area contributed by atoms with Crippen molar-refractivity contribution in [2.24, 2.45) is 0 Å². The van der Waals surface area contributed by atoms with Crippen LogP contribution in [-0.4, -0.2) is 57.1 Å². The Morgan fingerprint density at radius 3 is 2.36 bits per heavy atom. The summed E-state index contributed by atoms with van der Waals surface area (Å²) in [5, 5.41) is 17.4. The molecule has 214 valence electrons. The number of carbonyl (C=O) groups excluding carboxylic acids is 2. The highest BCUT2D eigenvalue weighted by Gasteiger charge is 2.32. The third kappa shape index (κ3) is 6.25. The van der Waals surface area contributed by atoms with Gasteiger partial charge in [-0.1, -0.05) is 64.8 Å². The number of nitrogens with zero attached hydrogens (tertiary/aromatic N) is 2. The number of aromatic amines is 1. The van der Waals surface area contributed by atoms with Crippen molar-refractivity contribution in [3.8, 4) is 11.3 Å². The van der Waals surface area contributed by atoms with E-state index in [1.165, 1.54) is 4.90 Å². The Labute approximate surface area is 243 Å². The SMILES string of the molecule is Cc1cc(C)cc(C(=O)N(C)[C@@H](Cc2ccc(-c3ccno3)cc2)C(=O)N[C@@H](Cc2c[nH]c3ccccc23)C(=O)O)c1. The van der Waals surface area contributed by atoms with E-state index in [0.29, 0.717) is 11.3 Å². The predicted octanol–water partition coefficient (Wildman–Crippen LogP) is 4.94. The molecule has 0 unspecified atom stereocenters. The van der Waals surface area contributed by atoms with Crippen LogP contribution in [-0.2, 0) is 22.4 Å². The van der Waals surface area contributed by atoms with Crippen LogP contribution in [0, 0.1) is 13.8 Å². The second kappa shape index (κ2) is 12.1. The van der Waals surface area contributed by atoms with Gasteiger partial charge in [-0.15, -0.1) is 0 Å². The van der Waals surface area contributed by atoms with Gasteiger partial charge in [0.15, 0.2) is 5.76 Å². The summed E-state index contributed by atoms with van der Waals surface area (Å²) >= 11 is 0. The summed E-state index contributed by atoms with van der Waals surface area (Å²) in [6.45, 7) is 3.82. The highest BCUT2D eigenvalue weighted by molar-refractivity contribution is 5.98. The van der Waals surface area contributed by atoms with Crippen LogP contribution >= 0.6 is 0 Å². The van der Waals surface area contributed by atoms with E-state index in [4.69, 9.17) is 4.52 Å². The zero-order valence-electron chi connectivity index (χ0n) is 23.6. The van der Waals surface area contributed by atoms with Gasteiger partial charge in [0.2, 0.25) is 5.91 Å². The first kappa shape index (κ1) is 28.4. The third-order valence-electron chi connectivity index (χ3n) is 7.38. The molecule has 2 atom stereocenters. The number of aromatic nitrogens is 2. The monoisotopic (exact) mass is 564 g/mol. The molecule has 0 aliphatic rings. The van der Waals surface area contributed by atoms with Gasteiger partial charge in [0, 0.05) is 54.2 Å². The molecule has 2 amide bonds. The smallest absolute Gasteiger partial charge is 0.326 e. The lowest BCUT2D eigenvalue weighted by atomic mass is 9.99. The Morgan fingerprint density at radius 1 is 0.976 bits per heavy atom. The van der Waals surface area contributed by atoms with Gasteiger partial charge in [-0.05, 0) is 43.2 Å². The van der Waals surface area contributed by atoms with Gasteiger partial charge in [-0.25, -0.2) is 4.79 Å². The molecule has 2 aromatic heterocycles. The fourth-order valence-corrected chi connectivity index (χ4v) is 5.23. The molecule has 0 bridgehead atoms. The Hall–Kier alpha value is -5.18. The fraction of sp³-hybridized carbons (Fsp3) is 0.212. The van der Waals surface area contributed by atoms with Crippen molar-refractivity contribution < 1.29 is 24.0 Å². The minimum atomic E-state index is -1.20. The van der Waals surface area contributed by atoms with E-state index >= 15 is 0 Å². The van der Waals surface area contributed by atoms with E-state index in [-0.39, 0.29) is 18.7 Å². The number of aliphatic carboxylic acids is 1. The van der Waals surface area contributed by atoms with Crippen LogP contribution in [0.25, 0.3) is 22.2 Å². The van der Waals surface area contributed by atoms with E-state index in [2.05, 4.69) is 15.5 Å². The second-order valence-electron chi connectivity index (χ2n) is 10.5. The number of fused-ring (bicyclic) bond motifs is 1. The van der Waals surface area contributed by atoms with Crippen LogP contribution in [0.1, 0.15) is 32.6 Å². The van der Waals surface area contributed by atoms with E-state index in [1.807, 2.05) is 68.4 Å². The quantitative estimate of drug-likeness (QED) is 0.221. The summed E-state index contributed by atoms with van der Waals surface area (Å²) < 4.78 is 5.23. The Kier molecular flexibility index (Phi) is 8.19. The normalized spacial score (nSPS) is 12.5. The van der Waals surface area contributed by atoms with Gasteiger partial charge in [0.25, 0.3) is 5.91 Å². The number of carbonyl (C=O) groups is 3. The number of hydrogen-bond donors (Lipinski definition) is 3. The number of para-hydroxylation sites is 1. The maximum Gasteiger partial charge on any atom is 0.326 e. The van der Waals surface area contributed by atoms with Crippen LogP contribution in [0.2, 0.25) is 0 Å². The summed E-state index contributed by atoms with van der Waals surface area (Å²) in [4.78, 5) is 44.3. The Morgan fingerprint density at radius 2 is 1.69 bits per heavy atom. The predicted molar refractivity (Wildman–Crippen MR) is 159 cm³/mol. The number of rotatable bonds is 10. The average Bonchev–Trinajstić information content (AvgIpc) is 3.65. The standard InChI is InChI=1S/C33H32N4O5/c1-20-14-21(2)16-24(15-20)32(39)37(3)29(17-22-8-10-23(11-9-22)30-12-13-35-42-30)31(38)36-28(33(40)41)18-25-19-34-27-7-5-4-6-26(25)27/h4-16,19,28-29,34H,17-18H2,1-3H3,(H,36,38)(H,40,41)/t28-,29-/m0/s1. The van der Waals surface area contributed by atoms with Crippen LogP contribution in [0.5, 0.6) is 0 Å². The molecule has 0 aliphatic carbocycles. The van der Waals surface area contributed by atoms with Crippen molar-refractivity contribution in [1.82, 2.24) is 20.4 Å². The first-order chi connectivity index (χ1) is 20.2. The lowest BCUT2D eigenvalue weighted by Gasteiger charge is -2.29. The zero-order valence-corrected chi connectivity index (χ0v) is 23.6. The number of benzene rings is 3. The van der Waals surface area contributed by atoms with Crippen LogP contribution in [0.15, 0.2) is 89.7 Å². The minimum Gasteiger partial charge on any atom is -0.480 e. The zero-order chi connectivity index (χ0) is 29.8. The summed E-state index contributed by atoms with van der Waals surface area (Å²) in [7, 11) is 1.57. The lowest BCUT2D eigenvalue weighted by molar-refractivity contribution is -0.142. The molecule has 0 fully saturated rings. The molecular weight excluding hydrogens is 532 g/mol. The van der Waals surface area contributed by atoms with Crippen LogP contribution in [0.4, 0.5) is 0 Å². The number of likely N-dealkylation sites (N-methyl/N-ethyl adjacent to an activating group) is 1. The Balaban J connectivity index is 1.42. The Bertz CT molecular complexity index is 1700. The van der Waals surface area contributed by atoms with E-state index in [0.717, 1.165) is 38.7 Å². The van der Waals surface area contributed by atoms with Gasteiger partial charge in [-0.3, -0.25) is 9.59 Å². The van der Waals surface area contributed by atoms with Gasteiger partial charge >= 0.3 is 5.97 Å². The molecular formula is C33H32N4O5. The maximum absolute atomic E-state index is 13.8. The summed E-state index contributed by atoms with van der Waals surface area (Å²) in [5.74, 6) is -1.43. The molecule has 5 rings (SSSR count). The van der Waals surface area contributed by atoms with Crippen molar-refractivity contribution >= 4 is 28.7 Å². The van der Waals surface area contributed by atoms with Crippen LogP contribution < -0.4 is 5.32 Å². The summed E-state index contributed by atoms with van der Waals surface area (Å²) in [6.07, 6.45) is 3.58. The number of carboxylic acids is 1. The van der Waals surface area contributed by atoms with E-state index < -0.39 is 24.0 Å². The lowest BCUT2D eigenvalue weighted by Crippen LogP contribution is -2.53. The molecule has 0 saturated heterocycles. The number of nitrogens with one attached hydrogen (secondary N) is 2. The number of H-pyrrole nitrogens is 1. The van der Waals surface area contributed by atoms with Gasteiger partial charge in [0.05, 0.1) is 6.20 Å². The molecule has 0 aliphatic heterocycles. The minimum absolute atomic E-state index is 0.0818. The topological polar surface area (TPSA) is 129 Å². The molecule has 0 spiro atoms. The van der Waals surface area contributed by atoms with Gasteiger partial charge < -0.3 is 24.8 Å². The number of carboxylic acid groups (broad SMARTS) is 1. The first-order valence-electron chi connectivity index (χ1n) is 13.6. The van der Waals surface area contributed by atoms with Crippen molar-refractivity contribution in [1.29, 1.82) is 0 Å². The number of aryl methyl sites for hydroxylation is 2. The van der Waals surface area contributed by atoms with E-state index in [9.17, 15) is 19.5 Å². The second-order valence-corrected chi connectivity index (χ2v) is 10.5. The maximum atomic E-state index is 13.8. The van der Waals surface area contributed by atoms with E-state index in [1.54, 1.807) is 37.6 Å². The summed E-state index contributed by atoms with van der Waals surface area (Å²) in [5.41, 5.74) is 5.59. The third-order valence-corrected chi connectivity index (χ3v) is 7.38. The molecule has 3 N–H and O–H groups in total. The molecule has 5 aromatic rings. The molecule has 0 saturated carbocycles. The summed E-state index contributed by atoms with van der Waals surface area (Å²) in [6, 6.07) is 20.1. The highest BCUT2D eigenvalue weighted by atomic mass is 16.5. The fourth-order valence-electron chi connectivity index (χ4n) is 5.23. The number of amides is 2. The molecule has 0 radical (unpaired) electrons. The molecule has 2 heterocycles. The molecule has 3 aromatic carbocycles. The molecule has 9 nitrogen and oxygen atoms in total. The van der Waals surface area contributed by atoms with Gasteiger partial charge in [-0.2, -0.15) is 0 Å². The van der Waals surface area contributed by atoms with Gasteiger partial charge in [0.1, 0.15) is 12.1 Å². The van der Waals surface area contributed by atoms with Crippen molar-refractivity contribution in [2.45, 2.75) is 38.8 Å².